The molecule has 0 spiro atoms. The van der Waals surface area contributed by atoms with Crippen molar-refractivity contribution < 1.29 is 123 Å². The number of carboxylic acid groups (broad SMARTS) is 2. The monoisotopic (exact) mass is 244 g/mol. The maximum absolute atomic E-state index is 10.0. The minimum atomic E-state index is -2.33. The first kappa shape index (κ1) is 20.8. The van der Waals surface area contributed by atoms with E-state index in [9.17, 15) is 4.79 Å². The smallest absolute Gasteiger partial charge is 0.652 e. The van der Waals surface area contributed by atoms with Gasteiger partial charge in [0.15, 0.2) is 0 Å². The molecule has 6 heteroatoms. The standard InChI is InChI=1S/C7H6O.CH2O3.2K/c8-6-7-4-2-1-3-5-7;2-1(3)4;;/h1-6H;(H2,2,3,4);;/q;;2*+1/p-2. The quantitative estimate of drug-likeness (QED) is 0.363. The van der Waals surface area contributed by atoms with Gasteiger partial charge in [0.2, 0.25) is 0 Å². The van der Waals surface area contributed by atoms with Gasteiger partial charge >= 0.3 is 103 Å². The van der Waals surface area contributed by atoms with Crippen LogP contribution >= 0.6 is 0 Å². The molecular formula is C8H6K2O4. The minimum absolute atomic E-state index is 0. The van der Waals surface area contributed by atoms with Gasteiger partial charge in [-0.3, -0.25) is 4.79 Å². The van der Waals surface area contributed by atoms with E-state index in [0.29, 0.717) is 0 Å². The van der Waals surface area contributed by atoms with E-state index in [1.54, 1.807) is 12.1 Å². The average Bonchev–Trinajstić information content (AvgIpc) is 2.05. The van der Waals surface area contributed by atoms with Crippen molar-refractivity contribution in [2.45, 2.75) is 0 Å². The van der Waals surface area contributed by atoms with Crippen molar-refractivity contribution in [2.24, 2.45) is 0 Å². The van der Waals surface area contributed by atoms with Crippen molar-refractivity contribution in [1.29, 1.82) is 0 Å². The van der Waals surface area contributed by atoms with Crippen molar-refractivity contribution in [3.05, 3.63) is 35.9 Å². The van der Waals surface area contributed by atoms with Crippen LogP contribution in [0.5, 0.6) is 0 Å². The second-order valence-corrected chi connectivity index (χ2v) is 1.78. The molecule has 1 rings (SSSR count). The first-order valence-electron chi connectivity index (χ1n) is 3.05. The average molecular weight is 244 g/mol. The summed E-state index contributed by atoms with van der Waals surface area (Å²) in [5, 5.41) is 16.7. The third-order valence-electron chi connectivity index (χ3n) is 0.936. The SMILES string of the molecule is O=C([O-])[O-].O=Cc1ccccc1.[K+].[K+]. The normalized spacial score (nSPS) is 6.57. The summed E-state index contributed by atoms with van der Waals surface area (Å²) in [7, 11) is 0. The summed E-state index contributed by atoms with van der Waals surface area (Å²) in [6.45, 7) is 0. The van der Waals surface area contributed by atoms with Gasteiger partial charge in [-0.05, 0) is 6.16 Å². The molecule has 0 atom stereocenters. The van der Waals surface area contributed by atoms with Crippen LogP contribution in [0, 0.1) is 0 Å². The predicted octanol–water partition coefficient (Wildman–Crippen LogP) is -6.94. The fraction of sp³-hybridized carbons (Fsp3) is 0. The maximum atomic E-state index is 10.0. The molecule has 0 aliphatic heterocycles. The number of aldehydes is 1. The molecule has 1 aromatic carbocycles. The molecule has 14 heavy (non-hydrogen) atoms. The van der Waals surface area contributed by atoms with E-state index in [1.165, 1.54) is 0 Å². The second-order valence-electron chi connectivity index (χ2n) is 1.78. The van der Waals surface area contributed by atoms with Crippen molar-refractivity contribution in [3.63, 3.8) is 0 Å². The molecule has 0 bridgehead atoms. The Hall–Kier alpha value is 1.43. The summed E-state index contributed by atoms with van der Waals surface area (Å²) in [4.78, 5) is 18.3. The molecule has 0 aliphatic rings. The van der Waals surface area contributed by atoms with Gasteiger partial charge in [0, 0.05) is 5.56 Å². The molecule has 0 N–H and O–H groups in total. The number of carbonyl (C=O) groups excluding carboxylic acids is 2. The van der Waals surface area contributed by atoms with Gasteiger partial charge in [-0.15, -0.1) is 0 Å². The third-order valence-corrected chi connectivity index (χ3v) is 0.936. The van der Waals surface area contributed by atoms with Crippen LogP contribution in [0.3, 0.4) is 0 Å². The summed E-state index contributed by atoms with van der Waals surface area (Å²) in [5.74, 6) is 0. The van der Waals surface area contributed by atoms with E-state index in [4.69, 9.17) is 15.0 Å². The van der Waals surface area contributed by atoms with Gasteiger partial charge in [0.05, 0.1) is 0 Å². The largest absolute Gasteiger partial charge is 1.00 e. The summed E-state index contributed by atoms with van der Waals surface area (Å²) in [6, 6.07) is 9.10. The van der Waals surface area contributed by atoms with Crippen LogP contribution in [0.25, 0.3) is 0 Å². The Morgan fingerprint density at radius 3 is 1.64 bits per heavy atom. The number of carbonyl (C=O) groups is 2. The van der Waals surface area contributed by atoms with Crippen molar-refractivity contribution in [1.82, 2.24) is 0 Å². The van der Waals surface area contributed by atoms with Gasteiger partial charge in [-0.25, -0.2) is 0 Å². The first-order chi connectivity index (χ1) is 5.66. The van der Waals surface area contributed by atoms with Crippen LogP contribution in [0.1, 0.15) is 10.4 Å². The maximum Gasteiger partial charge on any atom is 1.00 e. The van der Waals surface area contributed by atoms with Gasteiger partial charge in [-0.2, -0.15) is 0 Å². The van der Waals surface area contributed by atoms with Gasteiger partial charge in [-0.1, -0.05) is 30.3 Å². The summed E-state index contributed by atoms with van der Waals surface area (Å²) >= 11 is 0. The van der Waals surface area contributed by atoms with Crippen molar-refractivity contribution >= 4 is 12.4 Å². The third kappa shape index (κ3) is 15.9. The Balaban J connectivity index is -0.000000180. The van der Waals surface area contributed by atoms with E-state index >= 15 is 0 Å². The zero-order valence-electron chi connectivity index (χ0n) is 8.10. The number of benzene rings is 1. The molecule has 0 amide bonds. The summed E-state index contributed by atoms with van der Waals surface area (Å²) < 4.78 is 0. The Morgan fingerprint density at radius 2 is 1.43 bits per heavy atom. The van der Waals surface area contributed by atoms with E-state index < -0.39 is 6.16 Å². The number of hydrogen-bond donors (Lipinski definition) is 0. The van der Waals surface area contributed by atoms with Crippen molar-refractivity contribution in [3.8, 4) is 0 Å². The molecule has 0 saturated carbocycles. The van der Waals surface area contributed by atoms with Crippen LogP contribution in [0.15, 0.2) is 30.3 Å². The topological polar surface area (TPSA) is 80.3 Å². The zero-order chi connectivity index (χ0) is 9.40. The van der Waals surface area contributed by atoms with E-state index in [-0.39, 0.29) is 103 Å². The first-order valence-corrected chi connectivity index (χ1v) is 3.05. The molecule has 0 radical (unpaired) electrons. The molecule has 1 aromatic rings. The van der Waals surface area contributed by atoms with Crippen LogP contribution in [-0.4, -0.2) is 12.4 Å². The molecule has 0 fully saturated rings. The molecule has 0 heterocycles. The Morgan fingerprint density at radius 1 is 1.07 bits per heavy atom. The number of rotatable bonds is 1. The van der Waals surface area contributed by atoms with Crippen LogP contribution in [-0.2, 0) is 0 Å². The Bertz CT molecular complexity index is 247. The van der Waals surface area contributed by atoms with Crippen molar-refractivity contribution in [2.75, 3.05) is 0 Å². The van der Waals surface area contributed by atoms with Gasteiger partial charge in [0.25, 0.3) is 0 Å². The van der Waals surface area contributed by atoms with E-state index in [1.807, 2.05) is 18.2 Å². The zero-order valence-corrected chi connectivity index (χ0v) is 14.3. The summed E-state index contributed by atoms with van der Waals surface area (Å²) in [6.07, 6.45) is -1.50. The summed E-state index contributed by atoms with van der Waals surface area (Å²) in [5.41, 5.74) is 0.729. The minimum Gasteiger partial charge on any atom is -0.652 e. The number of hydrogen-bond acceptors (Lipinski definition) is 4. The fourth-order valence-electron chi connectivity index (χ4n) is 0.532. The van der Waals surface area contributed by atoms with Crippen LogP contribution < -0.4 is 113 Å². The van der Waals surface area contributed by atoms with Gasteiger partial charge < -0.3 is 15.0 Å². The van der Waals surface area contributed by atoms with Crippen LogP contribution in [0.2, 0.25) is 0 Å². The molecule has 0 saturated heterocycles. The molecule has 0 aliphatic carbocycles. The molecular weight excluding hydrogens is 238 g/mol. The van der Waals surface area contributed by atoms with Gasteiger partial charge in [0.1, 0.15) is 6.29 Å². The second kappa shape index (κ2) is 14.4. The molecule has 0 unspecified atom stereocenters. The molecule has 0 aromatic heterocycles. The van der Waals surface area contributed by atoms with E-state index in [2.05, 4.69) is 0 Å². The van der Waals surface area contributed by atoms with E-state index in [0.717, 1.165) is 11.8 Å². The Labute approximate surface area is 167 Å². The molecule has 64 valence electrons. The molecule has 4 nitrogen and oxygen atoms in total. The predicted molar refractivity (Wildman–Crippen MR) is 37.2 cm³/mol. The fourth-order valence-corrected chi connectivity index (χ4v) is 0.532. The Kier molecular flexibility index (Phi) is 21.4. The van der Waals surface area contributed by atoms with Crippen LogP contribution in [0.4, 0.5) is 4.79 Å².